The van der Waals surface area contributed by atoms with Crippen LogP contribution in [0.15, 0.2) is 18.2 Å². The van der Waals surface area contributed by atoms with E-state index < -0.39 is 5.41 Å². The maximum Gasteiger partial charge on any atom is 0.316 e. The lowest BCUT2D eigenvalue weighted by Crippen LogP contribution is -2.27. The van der Waals surface area contributed by atoms with Crippen molar-refractivity contribution in [1.29, 1.82) is 0 Å². The van der Waals surface area contributed by atoms with Crippen molar-refractivity contribution in [3.05, 3.63) is 23.8 Å². The molecule has 0 aromatic heterocycles. The van der Waals surface area contributed by atoms with Crippen LogP contribution in [0.3, 0.4) is 0 Å². The van der Waals surface area contributed by atoms with Gasteiger partial charge in [-0.3, -0.25) is 9.59 Å². The minimum absolute atomic E-state index is 0.0326. The zero-order chi connectivity index (χ0) is 13.6. The van der Waals surface area contributed by atoms with Gasteiger partial charge in [0, 0.05) is 0 Å². The summed E-state index contributed by atoms with van der Waals surface area (Å²) in [5.74, 6) is 0.485. The second kappa shape index (κ2) is 3.98. The van der Waals surface area contributed by atoms with Gasteiger partial charge in [0.1, 0.15) is 5.75 Å². The number of esters is 1. The van der Waals surface area contributed by atoms with Gasteiger partial charge in [-0.05, 0) is 30.0 Å². The first-order valence-electron chi connectivity index (χ1n) is 6.23. The van der Waals surface area contributed by atoms with Gasteiger partial charge >= 0.3 is 5.97 Å². The summed E-state index contributed by atoms with van der Waals surface area (Å²) in [7, 11) is 1.40. The van der Waals surface area contributed by atoms with Crippen molar-refractivity contribution >= 4 is 17.6 Å². The molecule has 1 N–H and O–H groups in total. The minimum Gasteiger partial charge on any atom is -0.482 e. The third-order valence-corrected chi connectivity index (χ3v) is 3.99. The van der Waals surface area contributed by atoms with E-state index in [0.29, 0.717) is 11.4 Å². The van der Waals surface area contributed by atoms with E-state index in [1.807, 2.05) is 19.1 Å². The number of anilines is 1. The average Bonchev–Trinajstić information content (AvgIpc) is 3.10. The summed E-state index contributed by atoms with van der Waals surface area (Å²) < 4.78 is 10.2. The van der Waals surface area contributed by atoms with Gasteiger partial charge in [0.15, 0.2) is 6.61 Å². The van der Waals surface area contributed by atoms with Crippen molar-refractivity contribution in [3.8, 4) is 5.75 Å². The molecule has 0 radical (unpaired) electrons. The number of hydrogen-bond donors (Lipinski definition) is 1. The summed E-state index contributed by atoms with van der Waals surface area (Å²) in [5.41, 5.74) is 0.930. The Labute approximate surface area is 110 Å². The van der Waals surface area contributed by atoms with E-state index in [0.717, 1.165) is 12.0 Å². The fourth-order valence-electron chi connectivity index (χ4n) is 2.77. The van der Waals surface area contributed by atoms with E-state index in [2.05, 4.69) is 5.32 Å². The molecule has 0 saturated heterocycles. The van der Waals surface area contributed by atoms with E-state index in [-0.39, 0.29) is 24.4 Å². The number of benzene rings is 1. The molecule has 1 amide bonds. The number of hydrogen-bond acceptors (Lipinski definition) is 4. The predicted octanol–water partition coefficient (Wildman–Crippen LogP) is 1.47. The summed E-state index contributed by atoms with van der Waals surface area (Å²) in [4.78, 5) is 23.3. The fraction of sp³-hybridized carbons (Fsp3) is 0.429. The van der Waals surface area contributed by atoms with Crippen LogP contribution in [0.5, 0.6) is 5.75 Å². The molecule has 1 aliphatic carbocycles. The summed E-state index contributed by atoms with van der Waals surface area (Å²) in [5, 5.41) is 2.76. The summed E-state index contributed by atoms with van der Waals surface area (Å²) in [6.07, 6.45) is 0.771. The molecule has 19 heavy (non-hydrogen) atoms. The molecule has 0 spiro atoms. The number of carbonyl (C=O) groups excluding carboxylic acids is 2. The van der Waals surface area contributed by atoms with Crippen LogP contribution >= 0.6 is 0 Å². The highest BCUT2D eigenvalue weighted by Crippen LogP contribution is 2.55. The number of nitrogens with one attached hydrogen (secondary N) is 1. The highest BCUT2D eigenvalue weighted by atomic mass is 16.5. The van der Waals surface area contributed by atoms with Gasteiger partial charge in [-0.2, -0.15) is 0 Å². The van der Waals surface area contributed by atoms with E-state index >= 15 is 0 Å². The normalized spacial score (nSPS) is 27.9. The Bertz CT molecular complexity index is 569. The lowest BCUT2D eigenvalue weighted by Gasteiger charge is -2.21. The maximum absolute atomic E-state index is 12.0. The van der Waals surface area contributed by atoms with Crippen LogP contribution < -0.4 is 10.1 Å². The lowest BCUT2D eigenvalue weighted by molar-refractivity contribution is -0.144. The first kappa shape index (κ1) is 12.0. The van der Waals surface area contributed by atoms with Crippen molar-refractivity contribution < 1.29 is 19.1 Å². The van der Waals surface area contributed by atoms with Crippen LogP contribution in [-0.2, 0) is 19.7 Å². The molecule has 5 nitrogen and oxygen atoms in total. The number of amides is 1. The first-order chi connectivity index (χ1) is 9.07. The van der Waals surface area contributed by atoms with E-state index in [9.17, 15) is 9.59 Å². The number of rotatable bonds is 2. The van der Waals surface area contributed by atoms with Crippen LogP contribution in [0.25, 0.3) is 0 Å². The Hall–Kier alpha value is -2.04. The van der Waals surface area contributed by atoms with Crippen molar-refractivity contribution in [1.82, 2.24) is 0 Å². The summed E-state index contributed by atoms with van der Waals surface area (Å²) in [6, 6.07) is 5.48. The zero-order valence-electron chi connectivity index (χ0n) is 10.9. The van der Waals surface area contributed by atoms with Crippen LogP contribution in [0, 0.1) is 5.92 Å². The average molecular weight is 261 g/mol. The summed E-state index contributed by atoms with van der Waals surface area (Å²) in [6.45, 7) is 2.05. The van der Waals surface area contributed by atoms with E-state index in [1.54, 1.807) is 6.07 Å². The monoisotopic (exact) mass is 261 g/mol. The summed E-state index contributed by atoms with van der Waals surface area (Å²) >= 11 is 0. The molecule has 100 valence electrons. The van der Waals surface area contributed by atoms with Gasteiger partial charge in [-0.15, -0.1) is 0 Å². The SMILES string of the molecule is COC(=O)C1(c2ccc3c(c2)NC(=O)CO3)CC1C. The molecule has 1 aromatic rings. The fourth-order valence-corrected chi connectivity index (χ4v) is 2.77. The van der Waals surface area contributed by atoms with Gasteiger partial charge in [-0.25, -0.2) is 0 Å². The van der Waals surface area contributed by atoms with Gasteiger partial charge in [0.2, 0.25) is 0 Å². The molecular formula is C14H15NO4. The van der Waals surface area contributed by atoms with Gasteiger partial charge in [0.05, 0.1) is 18.2 Å². The quantitative estimate of drug-likeness (QED) is 0.819. The van der Waals surface area contributed by atoms with Crippen LogP contribution in [0.4, 0.5) is 5.69 Å². The molecule has 1 aromatic carbocycles. The smallest absolute Gasteiger partial charge is 0.316 e. The van der Waals surface area contributed by atoms with E-state index in [1.165, 1.54) is 7.11 Å². The molecule has 5 heteroatoms. The number of methoxy groups -OCH3 is 1. The second-order valence-electron chi connectivity index (χ2n) is 5.12. The molecule has 2 aliphatic rings. The Kier molecular flexibility index (Phi) is 2.52. The van der Waals surface area contributed by atoms with Crippen LogP contribution in [0.2, 0.25) is 0 Å². The molecule has 1 saturated carbocycles. The number of fused-ring (bicyclic) bond motifs is 1. The molecule has 1 heterocycles. The Morgan fingerprint density at radius 2 is 2.26 bits per heavy atom. The number of carbonyl (C=O) groups is 2. The van der Waals surface area contributed by atoms with Gasteiger partial charge in [0.25, 0.3) is 5.91 Å². The third-order valence-electron chi connectivity index (χ3n) is 3.99. The Morgan fingerprint density at radius 1 is 1.53 bits per heavy atom. The number of ether oxygens (including phenoxy) is 2. The standard InChI is InChI=1S/C14H15NO4/c1-8-6-14(8,13(17)18-2)9-3-4-11-10(5-9)15-12(16)7-19-11/h3-5,8H,6-7H2,1-2H3,(H,15,16). The van der Waals surface area contributed by atoms with Gasteiger partial charge in [-0.1, -0.05) is 13.0 Å². The highest BCUT2D eigenvalue weighted by Gasteiger charge is 2.59. The molecular weight excluding hydrogens is 246 g/mol. The first-order valence-corrected chi connectivity index (χ1v) is 6.23. The molecule has 2 atom stereocenters. The van der Waals surface area contributed by atoms with Crippen LogP contribution in [0.1, 0.15) is 18.9 Å². The largest absolute Gasteiger partial charge is 0.482 e. The molecule has 2 unspecified atom stereocenters. The lowest BCUT2D eigenvalue weighted by atomic mass is 9.93. The van der Waals surface area contributed by atoms with Crippen LogP contribution in [-0.4, -0.2) is 25.6 Å². The second-order valence-corrected chi connectivity index (χ2v) is 5.12. The molecule has 1 fully saturated rings. The van der Waals surface area contributed by atoms with Crippen molar-refractivity contribution in [3.63, 3.8) is 0 Å². The zero-order valence-corrected chi connectivity index (χ0v) is 10.9. The molecule has 1 aliphatic heterocycles. The third kappa shape index (κ3) is 1.69. The Morgan fingerprint density at radius 3 is 2.89 bits per heavy atom. The maximum atomic E-state index is 12.0. The molecule has 0 bridgehead atoms. The predicted molar refractivity (Wildman–Crippen MR) is 68.0 cm³/mol. The van der Waals surface area contributed by atoms with Crippen molar-refractivity contribution in [2.24, 2.45) is 5.92 Å². The van der Waals surface area contributed by atoms with Gasteiger partial charge < -0.3 is 14.8 Å². The topological polar surface area (TPSA) is 64.6 Å². The Balaban J connectivity index is 2.00. The molecule has 3 rings (SSSR count). The highest BCUT2D eigenvalue weighted by molar-refractivity contribution is 5.96. The minimum atomic E-state index is -0.564. The van der Waals surface area contributed by atoms with E-state index in [4.69, 9.17) is 9.47 Å². The van der Waals surface area contributed by atoms with Crippen molar-refractivity contribution in [2.75, 3.05) is 19.0 Å². The van der Waals surface area contributed by atoms with Crippen molar-refractivity contribution in [2.45, 2.75) is 18.8 Å².